The second-order valence-corrected chi connectivity index (χ2v) is 4.98. The van der Waals surface area contributed by atoms with Crippen molar-refractivity contribution in [3.8, 4) is 0 Å². The highest BCUT2D eigenvalue weighted by atomic mass is 16.6. The molecule has 8 nitrogen and oxygen atoms in total. The second kappa shape index (κ2) is 8.50. The number of nitrogens with zero attached hydrogens (tertiary/aromatic N) is 2. The van der Waals surface area contributed by atoms with Gasteiger partial charge in [0.05, 0.1) is 16.7 Å². The maximum atomic E-state index is 11.5. The molecule has 1 aromatic carbocycles. The molecule has 0 unspecified atom stereocenters. The number of hydrogen-bond donors (Lipinski definition) is 2. The third kappa shape index (κ3) is 6.12. The van der Waals surface area contributed by atoms with Crippen LogP contribution in [0, 0.1) is 16.0 Å². The van der Waals surface area contributed by atoms with Gasteiger partial charge in [-0.1, -0.05) is 26.0 Å². The van der Waals surface area contributed by atoms with Gasteiger partial charge in [-0.05, 0) is 12.0 Å². The van der Waals surface area contributed by atoms with Gasteiger partial charge in [-0.2, -0.15) is 5.10 Å². The number of carbonyl (C=O) groups excluding carboxylic acids is 2. The maximum absolute atomic E-state index is 11.5. The van der Waals surface area contributed by atoms with Crippen molar-refractivity contribution in [3.05, 3.63) is 39.9 Å². The molecule has 0 heterocycles. The van der Waals surface area contributed by atoms with Gasteiger partial charge in [0.25, 0.3) is 5.69 Å². The van der Waals surface area contributed by atoms with Crippen molar-refractivity contribution in [2.75, 3.05) is 6.54 Å². The minimum absolute atomic E-state index is 0.116. The lowest BCUT2D eigenvalue weighted by atomic mass is 10.2. The van der Waals surface area contributed by atoms with Crippen LogP contribution in [0.4, 0.5) is 5.69 Å². The predicted molar refractivity (Wildman–Crippen MR) is 81.3 cm³/mol. The first-order chi connectivity index (χ1) is 10.4. The first kappa shape index (κ1) is 17.3. The van der Waals surface area contributed by atoms with Gasteiger partial charge in [0.2, 0.25) is 11.8 Å². The molecule has 2 N–H and O–H groups in total. The average molecular weight is 306 g/mol. The van der Waals surface area contributed by atoms with Crippen LogP contribution in [-0.2, 0) is 9.59 Å². The van der Waals surface area contributed by atoms with Gasteiger partial charge >= 0.3 is 0 Å². The van der Waals surface area contributed by atoms with E-state index in [9.17, 15) is 19.7 Å². The SMILES string of the molecule is CC(C)CNC(=O)CC(=O)NN=Cc1ccccc1[N+](=O)[O-]. The normalized spacial score (nSPS) is 10.7. The largest absolute Gasteiger partial charge is 0.355 e. The summed E-state index contributed by atoms with van der Waals surface area (Å²) in [4.78, 5) is 33.2. The highest BCUT2D eigenvalue weighted by Crippen LogP contribution is 2.14. The Morgan fingerprint density at radius 3 is 2.64 bits per heavy atom. The zero-order valence-corrected chi connectivity index (χ0v) is 12.4. The van der Waals surface area contributed by atoms with E-state index in [1.54, 1.807) is 6.07 Å². The predicted octanol–water partition coefficient (Wildman–Crippen LogP) is 1.21. The van der Waals surface area contributed by atoms with Gasteiger partial charge in [0, 0.05) is 12.6 Å². The third-order valence-electron chi connectivity index (χ3n) is 2.55. The summed E-state index contributed by atoms with van der Waals surface area (Å²) >= 11 is 0. The molecule has 22 heavy (non-hydrogen) atoms. The molecule has 0 saturated heterocycles. The van der Waals surface area contributed by atoms with E-state index >= 15 is 0 Å². The first-order valence-electron chi connectivity index (χ1n) is 6.72. The van der Waals surface area contributed by atoms with Crippen LogP contribution in [0.25, 0.3) is 0 Å². The van der Waals surface area contributed by atoms with Gasteiger partial charge in [0.15, 0.2) is 0 Å². The van der Waals surface area contributed by atoms with Crippen LogP contribution in [-0.4, -0.2) is 29.5 Å². The Labute approximate surface area is 127 Å². The van der Waals surface area contributed by atoms with Crippen LogP contribution in [0.3, 0.4) is 0 Å². The Morgan fingerprint density at radius 2 is 2.00 bits per heavy atom. The Hall–Kier alpha value is -2.77. The fourth-order valence-corrected chi connectivity index (χ4v) is 1.50. The number of carbonyl (C=O) groups is 2. The average Bonchev–Trinajstić information content (AvgIpc) is 2.45. The second-order valence-electron chi connectivity index (χ2n) is 4.98. The highest BCUT2D eigenvalue weighted by Gasteiger charge is 2.11. The number of benzene rings is 1. The van der Waals surface area contributed by atoms with Crippen LogP contribution in [0.15, 0.2) is 29.4 Å². The first-order valence-corrected chi connectivity index (χ1v) is 6.72. The molecule has 8 heteroatoms. The van der Waals surface area contributed by atoms with Gasteiger partial charge in [0.1, 0.15) is 6.42 Å². The van der Waals surface area contributed by atoms with E-state index in [0.717, 1.165) is 0 Å². The molecule has 0 fully saturated rings. The summed E-state index contributed by atoms with van der Waals surface area (Å²) < 4.78 is 0. The standard InChI is InChI=1S/C14H18N4O4/c1-10(2)8-15-13(19)7-14(20)17-16-9-11-5-3-4-6-12(11)18(21)22/h3-6,9-10H,7-8H2,1-2H3,(H,15,19)(H,17,20). The fraction of sp³-hybridized carbons (Fsp3) is 0.357. The number of para-hydroxylation sites is 1. The van der Waals surface area contributed by atoms with Crippen LogP contribution in [0.5, 0.6) is 0 Å². The molecule has 0 aliphatic carbocycles. The number of nitrogens with one attached hydrogen (secondary N) is 2. The monoisotopic (exact) mass is 306 g/mol. The minimum atomic E-state index is -0.587. The number of rotatable bonds is 7. The fourth-order valence-electron chi connectivity index (χ4n) is 1.50. The zero-order valence-electron chi connectivity index (χ0n) is 12.4. The van der Waals surface area contributed by atoms with E-state index in [1.165, 1.54) is 24.4 Å². The van der Waals surface area contributed by atoms with Crippen molar-refractivity contribution in [2.45, 2.75) is 20.3 Å². The van der Waals surface area contributed by atoms with Crippen molar-refractivity contribution >= 4 is 23.7 Å². The minimum Gasteiger partial charge on any atom is -0.355 e. The topological polar surface area (TPSA) is 114 Å². The van der Waals surface area contributed by atoms with E-state index in [4.69, 9.17) is 0 Å². The summed E-state index contributed by atoms with van der Waals surface area (Å²) in [7, 11) is 0. The summed E-state index contributed by atoms with van der Waals surface area (Å²) in [5.74, 6) is -0.688. The summed E-state index contributed by atoms with van der Waals surface area (Å²) in [5, 5.41) is 17.0. The molecule has 0 atom stereocenters. The molecule has 0 aliphatic heterocycles. The molecule has 1 rings (SSSR count). The molecule has 0 saturated carbocycles. The summed E-state index contributed by atoms with van der Waals surface area (Å²) in [5.41, 5.74) is 2.31. The molecule has 0 aromatic heterocycles. The summed E-state index contributed by atoms with van der Waals surface area (Å²) in [6.45, 7) is 4.38. The zero-order chi connectivity index (χ0) is 16.5. The number of amides is 2. The highest BCUT2D eigenvalue weighted by molar-refractivity contribution is 5.97. The maximum Gasteiger partial charge on any atom is 0.278 e. The molecule has 118 valence electrons. The van der Waals surface area contributed by atoms with E-state index in [1.807, 2.05) is 13.8 Å². The van der Waals surface area contributed by atoms with Crippen molar-refractivity contribution in [1.82, 2.24) is 10.7 Å². The Kier molecular flexibility index (Phi) is 6.68. The molecule has 0 aliphatic rings. The van der Waals surface area contributed by atoms with Crippen molar-refractivity contribution < 1.29 is 14.5 Å². The van der Waals surface area contributed by atoms with Crippen LogP contribution < -0.4 is 10.7 Å². The number of hydrogen-bond acceptors (Lipinski definition) is 5. The molecule has 2 amide bonds. The Bertz CT molecular complexity index is 584. The molecule has 1 aromatic rings. The number of nitro benzene ring substituents is 1. The Morgan fingerprint density at radius 1 is 1.32 bits per heavy atom. The lowest BCUT2D eigenvalue weighted by Crippen LogP contribution is -2.32. The van der Waals surface area contributed by atoms with Gasteiger partial charge < -0.3 is 5.32 Å². The lowest BCUT2D eigenvalue weighted by Gasteiger charge is -2.06. The quantitative estimate of drug-likeness (QED) is 0.341. The molecule has 0 spiro atoms. The molecular weight excluding hydrogens is 288 g/mol. The summed E-state index contributed by atoms with van der Waals surface area (Å²) in [6.07, 6.45) is 0.822. The van der Waals surface area contributed by atoms with Crippen LogP contribution in [0.1, 0.15) is 25.8 Å². The smallest absolute Gasteiger partial charge is 0.278 e. The van der Waals surface area contributed by atoms with Crippen molar-refractivity contribution in [1.29, 1.82) is 0 Å². The molecular formula is C14H18N4O4. The number of hydrazone groups is 1. The molecule has 0 radical (unpaired) electrons. The van der Waals surface area contributed by atoms with E-state index < -0.39 is 16.7 Å². The van der Waals surface area contributed by atoms with E-state index in [0.29, 0.717) is 12.5 Å². The van der Waals surface area contributed by atoms with Gasteiger partial charge in [-0.3, -0.25) is 19.7 Å². The summed E-state index contributed by atoms with van der Waals surface area (Å²) in [6, 6.07) is 5.99. The lowest BCUT2D eigenvalue weighted by molar-refractivity contribution is -0.385. The van der Waals surface area contributed by atoms with Gasteiger partial charge in [-0.25, -0.2) is 5.43 Å². The number of nitro groups is 1. The molecule has 0 bridgehead atoms. The van der Waals surface area contributed by atoms with Crippen molar-refractivity contribution in [2.24, 2.45) is 11.0 Å². The van der Waals surface area contributed by atoms with E-state index in [-0.39, 0.29) is 17.7 Å². The van der Waals surface area contributed by atoms with Gasteiger partial charge in [-0.15, -0.1) is 0 Å². The third-order valence-corrected chi connectivity index (χ3v) is 2.55. The van der Waals surface area contributed by atoms with Crippen LogP contribution in [0.2, 0.25) is 0 Å². The van der Waals surface area contributed by atoms with Crippen molar-refractivity contribution in [3.63, 3.8) is 0 Å². The Balaban J connectivity index is 2.50. The van der Waals surface area contributed by atoms with Crippen LogP contribution >= 0.6 is 0 Å². The van der Waals surface area contributed by atoms with E-state index in [2.05, 4.69) is 15.8 Å².